The Bertz CT molecular complexity index is 1010. The standard InChI is InChI=1S/C16H13ClN2O3S3/c1-10-2-4-11(5-3-10)12-8-9-23-15(12)16(20)18-19-25(21,22)14-7-6-13(17)24-14/h2-9,19H,1H3,(H,18,20). The van der Waals surface area contributed by atoms with Crippen molar-refractivity contribution in [2.75, 3.05) is 0 Å². The summed E-state index contributed by atoms with van der Waals surface area (Å²) in [7, 11) is -3.85. The normalized spacial score (nSPS) is 11.4. The molecule has 1 aromatic carbocycles. The van der Waals surface area contributed by atoms with Gasteiger partial charge in [0.15, 0.2) is 0 Å². The number of hydrogen-bond acceptors (Lipinski definition) is 5. The van der Waals surface area contributed by atoms with Gasteiger partial charge in [-0.1, -0.05) is 41.4 Å². The number of benzene rings is 1. The summed E-state index contributed by atoms with van der Waals surface area (Å²) in [5.74, 6) is -0.517. The first-order valence-electron chi connectivity index (χ1n) is 7.09. The Hall–Kier alpha value is -1.71. The summed E-state index contributed by atoms with van der Waals surface area (Å²) in [4.78, 5) is 14.9. The fourth-order valence-electron chi connectivity index (χ4n) is 2.11. The monoisotopic (exact) mass is 412 g/mol. The predicted octanol–water partition coefficient (Wildman–Crippen LogP) is 4.06. The number of amides is 1. The number of sulfonamides is 1. The summed E-state index contributed by atoms with van der Waals surface area (Å²) in [6.07, 6.45) is 0. The van der Waals surface area contributed by atoms with Gasteiger partial charge in [0.2, 0.25) is 0 Å². The molecule has 0 unspecified atom stereocenters. The number of thiophene rings is 2. The van der Waals surface area contributed by atoms with E-state index in [0.29, 0.717) is 9.21 Å². The highest BCUT2D eigenvalue weighted by Crippen LogP contribution is 2.29. The van der Waals surface area contributed by atoms with Gasteiger partial charge >= 0.3 is 0 Å². The Balaban J connectivity index is 1.77. The van der Waals surface area contributed by atoms with Crippen LogP contribution < -0.4 is 10.3 Å². The van der Waals surface area contributed by atoms with Crippen molar-refractivity contribution in [1.29, 1.82) is 0 Å². The highest BCUT2D eigenvalue weighted by atomic mass is 35.5. The molecular weight excluding hydrogens is 400 g/mol. The number of nitrogens with one attached hydrogen (secondary N) is 2. The van der Waals surface area contributed by atoms with E-state index in [9.17, 15) is 13.2 Å². The number of hydrogen-bond donors (Lipinski definition) is 2. The summed E-state index contributed by atoms with van der Waals surface area (Å²) < 4.78 is 24.7. The molecule has 0 radical (unpaired) electrons. The summed E-state index contributed by atoms with van der Waals surface area (Å²) in [6, 6.07) is 12.5. The molecule has 3 rings (SSSR count). The Kier molecular flexibility index (Phi) is 5.26. The lowest BCUT2D eigenvalue weighted by atomic mass is 10.1. The zero-order valence-electron chi connectivity index (χ0n) is 12.9. The van der Waals surface area contributed by atoms with Crippen LogP contribution in [0.4, 0.5) is 0 Å². The highest BCUT2D eigenvalue weighted by Gasteiger charge is 2.20. The molecule has 2 N–H and O–H groups in total. The van der Waals surface area contributed by atoms with Crippen LogP contribution >= 0.6 is 34.3 Å². The first kappa shape index (κ1) is 18.1. The van der Waals surface area contributed by atoms with Crippen molar-refractivity contribution in [2.45, 2.75) is 11.1 Å². The maximum atomic E-state index is 12.4. The molecule has 0 saturated heterocycles. The van der Waals surface area contributed by atoms with E-state index in [1.54, 1.807) is 5.38 Å². The second-order valence-corrected chi connectivity index (χ2v) is 9.69. The van der Waals surface area contributed by atoms with Crippen molar-refractivity contribution in [1.82, 2.24) is 10.3 Å². The third-order valence-electron chi connectivity index (χ3n) is 3.35. The lowest BCUT2D eigenvalue weighted by Gasteiger charge is -2.08. The third kappa shape index (κ3) is 4.10. The van der Waals surface area contributed by atoms with Crippen LogP contribution in [0.15, 0.2) is 52.1 Å². The average molecular weight is 413 g/mol. The van der Waals surface area contributed by atoms with Gasteiger partial charge < -0.3 is 0 Å². The smallest absolute Gasteiger partial charge is 0.273 e. The van der Waals surface area contributed by atoms with E-state index >= 15 is 0 Å². The molecular formula is C16H13ClN2O3S3. The van der Waals surface area contributed by atoms with Crippen molar-refractivity contribution in [3.8, 4) is 11.1 Å². The van der Waals surface area contributed by atoms with Crippen molar-refractivity contribution in [3.05, 3.63) is 62.6 Å². The number of hydrazine groups is 1. The highest BCUT2D eigenvalue weighted by molar-refractivity contribution is 7.91. The Morgan fingerprint density at radius 1 is 1.08 bits per heavy atom. The van der Waals surface area contributed by atoms with Gasteiger partial charge in [-0.2, -0.15) is 0 Å². The average Bonchev–Trinajstić information content (AvgIpc) is 3.23. The largest absolute Gasteiger partial charge is 0.276 e. The van der Waals surface area contributed by atoms with Crippen LogP contribution in [0.3, 0.4) is 0 Å². The van der Waals surface area contributed by atoms with Crippen LogP contribution in [-0.4, -0.2) is 14.3 Å². The van der Waals surface area contributed by atoms with Gasteiger partial charge in [-0.3, -0.25) is 10.2 Å². The van der Waals surface area contributed by atoms with Gasteiger partial charge in [-0.15, -0.1) is 27.5 Å². The molecule has 0 aliphatic rings. The molecule has 1 amide bonds. The van der Waals surface area contributed by atoms with Gasteiger partial charge in [-0.25, -0.2) is 8.42 Å². The minimum Gasteiger partial charge on any atom is -0.273 e. The van der Waals surface area contributed by atoms with Crippen LogP contribution in [0.1, 0.15) is 15.2 Å². The number of carbonyl (C=O) groups is 1. The lowest BCUT2D eigenvalue weighted by Crippen LogP contribution is -2.41. The Labute approximate surface area is 158 Å². The van der Waals surface area contributed by atoms with E-state index in [1.165, 1.54) is 23.5 Å². The van der Waals surface area contributed by atoms with Crippen LogP contribution in [0.25, 0.3) is 11.1 Å². The van der Waals surface area contributed by atoms with Gasteiger partial charge in [0.1, 0.15) is 9.09 Å². The molecule has 0 spiro atoms. The summed E-state index contributed by atoms with van der Waals surface area (Å²) in [5.41, 5.74) is 5.01. The molecule has 0 bridgehead atoms. The first-order chi connectivity index (χ1) is 11.9. The molecule has 0 aliphatic carbocycles. The third-order valence-corrected chi connectivity index (χ3v) is 7.23. The molecule has 25 heavy (non-hydrogen) atoms. The van der Waals surface area contributed by atoms with Crippen molar-refractivity contribution in [2.24, 2.45) is 0 Å². The quantitative estimate of drug-likeness (QED) is 0.620. The molecule has 2 aromatic heterocycles. The molecule has 5 nitrogen and oxygen atoms in total. The van der Waals surface area contributed by atoms with E-state index in [2.05, 4.69) is 10.3 Å². The van der Waals surface area contributed by atoms with E-state index in [0.717, 1.165) is 28.0 Å². The van der Waals surface area contributed by atoms with Gasteiger partial charge in [0.25, 0.3) is 15.9 Å². The second-order valence-electron chi connectivity index (χ2n) is 5.15. The zero-order chi connectivity index (χ0) is 18.0. The Morgan fingerprint density at radius 3 is 2.44 bits per heavy atom. The first-order valence-corrected chi connectivity index (χ1v) is 10.6. The van der Waals surface area contributed by atoms with E-state index in [1.807, 2.05) is 37.3 Å². The maximum absolute atomic E-state index is 12.4. The fourth-order valence-corrected chi connectivity index (χ4v) is 5.24. The van der Waals surface area contributed by atoms with Crippen LogP contribution in [-0.2, 0) is 10.0 Å². The summed E-state index contributed by atoms with van der Waals surface area (Å²) in [6.45, 7) is 1.98. The molecule has 130 valence electrons. The molecule has 2 heterocycles. The molecule has 3 aromatic rings. The molecule has 0 fully saturated rings. The number of halogens is 1. The topological polar surface area (TPSA) is 75.3 Å². The summed E-state index contributed by atoms with van der Waals surface area (Å²) >= 11 is 7.90. The Morgan fingerprint density at radius 2 is 1.80 bits per heavy atom. The number of aryl methyl sites for hydroxylation is 1. The van der Waals surface area contributed by atoms with Crippen LogP contribution in [0.2, 0.25) is 4.34 Å². The van der Waals surface area contributed by atoms with E-state index < -0.39 is 15.9 Å². The van der Waals surface area contributed by atoms with E-state index in [4.69, 9.17) is 11.6 Å². The fraction of sp³-hybridized carbons (Fsp3) is 0.0625. The van der Waals surface area contributed by atoms with Gasteiger partial charge in [0, 0.05) is 5.56 Å². The predicted molar refractivity (Wildman–Crippen MR) is 102 cm³/mol. The van der Waals surface area contributed by atoms with E-state index in [-0.39, 0.29) is 4.21 Å². The van der Waals surface area contributed by atoms with Gasteiger partial charge in [-0.05, 0) is 36.1 Å². The maximum Gasteiger partial charge on any atom is 0.276 e. The second kappa shape index (κ2) is 7.27. The minimum atomic E-state index is -3.85. The summed E-state index contributed by atoms with van der Waals surface area (Å²) in [5, 5.41) is 1.79. The number of rotatable bonds is 5. The molecule has 0 atom stereocenters. The van der Waals surface area contributed by atoms with Crippen molar-refractivity contribution < 1.29 is 13.2 Å². The molecule has 0 aliphatic heterocycles. The van der Waals surface area contributed by atoms with Crippen molar-refractivity contribution in [3.63, 3.8) is 0 Å². The van der Waals surface area contributed by atoms with Crippen LogP contribution in [0, 0.1) is 6.92 Å². The molecule has 9 heteroatoms. The lowest BCUT2D eigenvalue weighted by molar-refractivity contribution is 0.0950. The minimum absolute atomic E-state index is 0.0303. The van der Waals surface area contributed by atoms with Crippen molar-refractivity contribution >= 4 is 50.2 Å². The van der Waals surface area contributed by atoms with Crippen LogP contribution in [0.5, 0.6) is 0 Å². The molecule has 0 saturated carbocycles. The number of carbonyl (C=O) groups excluding carboxylic acids is 1. The zero-order valence-corrected chi connectivity index (χ0v) is 16.2. The van der Waals surface area contributed by atoms with Gasteiger partial charge in [0.05, 0.1) is 4.34 Å². The SMILES string of the molecule is Cc1ccc(-c2ccsc2C(=O)NNS(=O)(=O)c2ccc(Cl)s2)cc1.